The van der Waals surface area contributed by atoms with Crippen LogP contribution in [0.4, 0.5) is 5.69 Å². The molecule has 2 N–H and O–H groups in total. The van der Waals surface area contributed by atoms with Gasteiger partial charge in [-0.2, -0.15) is 4.98 Å². The Balaban J connectivity index is 1.95. The lowest BCUT2D eigenvalue weighted by Gasteiger charge is -2.00. The van der Waals surface area contributed by atoms with Gasteiger partial charge in [-0.3, -0.25) is 0 Å². The maximum atomic E-state index is 5.96. The molecule has 6 heteroatoms. The predicted molar refractivity (Wildman–Crippen MR) is 83.8 cm³/mol. The molecule has 0 fully saturated rings. The molecule has 0 saturated heterocycles. The number of hydrogen-bond acceptors (Lipinski definition) is 5. The van der Waals surface area contributed by atoms with Gasteiger partial charge in [0.05, 0.1) is 12.7 Å². The first-order valence-electron chi connectivity index (χ1n) is 6.21. The van der Waals surface area contributed by atoms with Crippen LogP contribution in [0.5, 0.6) is 5.75 Å². The van der Waals surface area contributed by atoms with E-state index in [0.29, 0.717) is 23.0 Å². The van der Waals surface area contributed by atoms with E-state index in [0.717, 1.165) is 15.8 Å². The van der Waals surface area contributed by atoms with Gasteiger partial charge in [-0.1, -0.05) is 21.1 Å². The molecule has 1 heterocycles. The van der Waals surface area contributed by atoms with Gasteiger partial charge in [0.1, 0.15) is 5.75 Å². The summed E-state index contributed by atoms with van der Waals surface area (Å²) in [4.78, 5) is 4.38. The second kappa shape index (κ2) is 5.57. The molecule has 0 spiro atoms. The van der Waals surface area contributed by atoms with Gasteiger partial charge in [-0.15, -0.1) is 0 Å². The van der Waals surface area contributed by atoms with Gasteiger partial charge in [-0.05, 0) is 42.5 Å². The quantitative estimate of drug-likeness (QED) is 0.731. The summed E-state index contributed by atoms with van der Waals surface area (Å²) < 4.78 is 11.3. The minimum atomic E-state index is 0.394. The number of nitrogen functional groups attached to an aromatic ring is 1. The number of rotatable bonds is 3. The first-order chi connectivity index (χ1) is 10.2. The topological polar surface area (TPSA) is 74.2 Å². The number of nitrogens with two attached hydrogens (primary N) is 1. The van der Waals surface area contributed by atoms with Gasteiger partial charge in [0.2, 0.25) is 5.82 Å². The van der Waals surface area contributed by atoms with Crippen molar-refractivity contribution in [2.45, 2.75) is 0 Å². The lowest BCUT2D eigenvalue weighted by atomic mass is 10.2. The second-order valence-electron chi connectivity index (χ2n) is 4.38. The van der Waals surface area contributed by atoms with E-state index in [4.69, 9.17) is 15.0 Å². The fourth-order valence-electron chi connectivity index (χ4n) is 1.92. The number of anilines is 1. The van der Waals surface area contributed by atoms with E-state index in [1.54, 1.807) is 13.2 Å². The molecule has 2 aromatic carbocycles. The Kier molecular flexibility index (Phi) is 3.62. The van der Waals surface area contributed by atoms with Crippen LogP contribution in [-0.4, -0.2) is 17.3 Å². The van der Waals surface area contributed by atoms with Crippen molar-refractivity contribution >= 4 is 21.6 Å². The molecule has 106 valence electrons. The Hall–Kier alpha value is -2.34. The zero-order chi connectivity index (χ0) is 14.8. The smallest absolute Gasteiger partial charge is 0.260 e. The number of nitrogens with zero attached hydrogens (tertiary/aromatic N) is 2. The molecule has 0 saturated carbocycles. The van der Waals surface area contributed by atoms with Crippen LogP contribution in [0, 0.1) is 0 Å². The highest BCUT2D eigenvalue weighted by Crippen LogP contribution is 2.29. The molecular formula is C15H12BrN3O2. The third-order valence-corrected chi connectivity index (χ3v) is 3.51. The third-order valence-electron chi connectivity index (χ3n) is 3.02. The van der Waals surface area contributed by atoms with E-state index >= 15 is 0 Å². The van der Waals surface area contributed by atoms with Crippen molar-refractivity contribution in [1.82, 2.24) is 10.1 Å². The minimum Gasteiger partial charge on any atom is -0.497 e. The van der Waals surface area contributed by atoms with Crippen LogP contribution in [0.2, 0.25) is 0 Å². The van der Waals surface area contributed by atoms with E-state index < -0.39 is 0 Å². The molecule has 0 aliphatic heterocycles. The first kappa shape index (κ1) is 13.6. The molecule has 3 aromatic rings. The Morgan fingerprint density at radius 3 is 2.57 bits per heavy atom. The molecule has 3 rings (SSSR count). The highest BCUT2D eigenvalue weighted by Gasteiger charge is 2.13. The molecule has 0 amide bonds. The molecule has 21 heavy (non-hydrogen) atoms. The molecule has 0 radical (unpaired) electrons. The van der Waals surface area contributed by atoms with Gasteiger partial charge in [-0.25, -0.2) is 0 Å². The van der Waals surface area contributed by atoms with Crippen molar-refractivity contribution in [2.75, 3.05) is 12.8 Å². The van der Waals surface area contributed by atoms with Crippen molar-refractivity contribution in [1.29, 1.82) is 0 Å². The normalized spacial score (nSPS) is 10.6. The number of benzene rings is 2. The molecular weight excluding hydrogens is 334 g/mol. The van der Waals surface area contributed by atoms with Gasteiger partial charge in [0.15, 0.2) is 0 Å². The average Bonchev–Trinajstić information content (AvgIpc) is 2.97. The predicted octanol–water partition coefficient (Wildman–Crippen LogP) is 3.76. The molecule has 0 atom stereocenters. The standard InChI is InChI=1S/C15H12BrN3O2/c1-20-11-5-2-9(3-6-11)14-18-15(21-19-14)12-7-4-10(16)8-13(12)17/h2-8H,17H2,1H3. The highest BCUT2D eigenvalue weighted by atomic mass is 79.9. The molecule has 0 aliphatic carbocycles. The van der Waals surface area contributed by atoms with E-state index in [1.807, 2.05) is 36.4 Å². The minimum absolute atomic E-state index is 0.394. The summed E-state index contributed by atoms with van der Waals surface area (Å²) in [7, 11) is 1.62. The SMILES string of the molecule is COc1ccc(-c2noc(-c3ccc(Br)cc3N)n2)cc1. The van der Waals surface area contributed by atoms with Crippen LogP contribution in [0.25, 0.3) is 22.8 Å². The van der Waals surface area contributed by atoms with Crippen molar-refractivity contribution in [3.8, 4) is 28.6 Å². The van der Waals surface area contributed by atoms with Gasteiger partial charge in [0, 0.05) is 15.7 Å². The lowest BCUT2D eigenvalue weighted by Crippen LogP contribution is -1.90. The first-order valence-corrected chi connectivity index (χ1v) is 7.00. The van der Waals surface area contributed by atoms with Gasteiger partial charge in [0.25, 0.3) is 5.89 Å². The summed E-state index contributed by atoms with van der Waals surface area (Å²) in [6.07, 6.45) is 0. The van der Waals surface area contributed by atoms with E-state index in [2.05, 4.69) is 26.1 Å². The fraction of sp³-hybridized carbons (Fsp3) is 0.0667. The molecule has 0 unspecified atom stereocenters. The second-order valence-corrected chi connectivity index (χ2v) is 5.30. The fourth-order valence-corrected chi connectivity index (χ4v) is 2.30. The summed E-state index contributed by atoms with van der Waals surface area (Å²) in [5.41, 5.74) is 8.10. The van der Waals surface area contributed by atoms with Crippen molar-refractivity contribution < 1.29 is 9.26 Å². The summed E-state index contributed by atoms with van der Waals surface area (Å²) in [5, 5.41) is 3.99. The Morgan fingerprint density at radius 1 is 1.14 bits per heavy atom. The summed E-state index contributed by atoms with van der Waals surface area (Å²) in [6, 6.07) is 13.0. The maximum Gasteiger partial charge on any atom is 0.260 e. The highest BCUT2D eigenvalue weighted by molar-refractivity contribution is 9.10. The van der Waals surface area contributed by atoms with Crippen molar-refractivity contribution in [3.05, 3.63) is 46.9 Å². The van der Waals surface area contributed by atoms with E-state index in [1.165, 1.54) is 0 Å². The number of methoxy groups -OCH3 is 1. The Bertz CT molecular complexity index is 769. The monoisotopic (exact) mass is 345 g/mol. The summed E-state index contributed by atoms with van der Waals surface area (Å²) in [5.74, 6) is 1.68. The summed E-state index contributed by atoms with van der Waals surface area (Å²) in [6.45, 7) is 0. The van der Waals surface area contributed by atoms with Gasteiger partial charge < -0.3 is 15.0 Å². The number of ether oxygens (including phenoxy) is 1. The van der Waals surface area contributed by atoms with E-state index in [9.17, 15) is 0 Å². The summed E-state index contributed by atoms with van der Waals surface area (Å²) >= 11 is 3.37. The molecule has 5 nitrogen and oxygen atoms in total. The van der Waals surface area contributed by atoms with Crippen molar-refractivity contribution in [2.24, 2.45) is 0 Å². The van der Waals surface area contributed by atoms with Crippen LogP contribution < -0.4 is 10.5 Å². The van der Waals surface area contributed by atoms with Crippen LogP contribution in [0.1, 0.15) is 0 Å². The van der Waals surface area contributed by atoms with Crippen LogP contribution in [0.15, 0.2) is 51.5 Å². The van der Waals surface area contributed by atoms with Crippen molar-refractivity contribution in [3.63, 3.8) is 0 Å². The largest absolute Gasteiger partial charge is 0.497 e. The molecule has 0 bridgehead atoms. The Morgan fingerprint density at radius 2 is 1.90 bits per heavy atom. The van der Waals surface area contributed by atoms with E-state index in [-0.39, 0.29) is 0 Å². The number of hydrogen-bond donors (Lipinski definition) is 1. The number of halogens is 1. The molecule has 1 aromatic heterocycles. The third kappa shape index (κ3) is 2.75. The Labute approximate surface area is 129 Å². The van der Waals surface area contributed by atoms with Crippen LogP contribution >= 0.6 is 15.9 Å². The lowest BCUT2D eigenvalue weighted by molar-refractivity contribution is 0.415. The van der Waals surface area contributed by atoms with Crippen LogP contribution in [0.3, 0.4) is 0 Å². The van der Waals surface area contributed by atoms with Gasteiger partial charge >= 0.3 is 0 Å². The van der Waals surface area contributed by atoms with Crippen LogP contribution in [-0.2, 0) is 0 Å². The zero-order valence-corrected chi connectivity index (χ0v) is 12.8. The molecule has 0 aliphatic rings. The average molecular weight is 346 g/mol. The zero-order valence-electron chi connectivity index (χ0n) is 11.2. The maximum absolute atomic E-state index is 5.96. The number of aromatic nitrogens is 2.